The van der Waals surface area contributed by atoms with E-state index in [0.29, 0.717) is 24.8 Å². The molecule has 0 aliphatic carbocycles. The van der Waals surface area contributed by atoms with Crippen LogP contribution in [0.25, 0.3) is 0 Å². The van der Waals surface area contributed by atoms with Crippen LogP contribution in [-0.4, -0.2) is 31.3 Å². The molecule has 0 fully saturated rings. The molecule has 1 N–H and O–H groups in total. The van der Waals surface area contributed by atoms with Gasteiger partial charge >= 0.3 is 5.97 Å². The van der Waals surface area contributed by atoms with Gasteiger partial charge in [0, 0.05) is 5.92 Å². The van der Waals surface area contributed by atoms with Crippen LogP contribution in [0.15, 0.2) is 0 Å². The van der Waals surface area contributed by atoms with Crippen LogP contribution >= 0.6 is 0 Å². The lowest BCUT2D eigenvalue weighted by atomic mass is 9.95. The Morgan fingerprint density at radius 2 is 1.89 bits per heavy atom. The lowest BCUT2D eigenvalue weighted by molar-refractivity contribution is -0.142. The minimum absolute atomic E-state index is 0.212. The van der Waals surface area contributed by atoms with Gasteiger partial charge in [0.05, 0.1) is 12.5 Å². The van der Waals surface area contributed by atoms with E-state index in [-0.39, 0.29) is 5.92 Å². The van der Waals surface area contributed by atoms with E-state index >= 15 is 0 Å². The molecule has 6 nitrogen and oxygen atoms in total. The predicted molar refractivity (Wildman–Crippen MR) is 71.7 cm³/mol. The highest BCUT2D eigenvalue weighted by atomic mass is 16.4. The average Bonchev–Trinajstić information content (AvgIpc) is 2.74. The Morgan fingerprint density at radius 3 is 2.37 bits per heavy atom. The Labute approximate surface area is 114 Å². The normalized spacial score (nSPS) is 14.9. The number of hydrogen-bond acceptors (Lipinski definition) is 4. The van der Waals surface area contributed by atoms with Crippen molar-refractivity contribution in [3.63, 3.8) is 0 Å². The van der Waals surface area contributed by atoms with E-state index in [1.807, 2.05) is 13.8 Å². The second-order valence-corrected chi connectivity index (χ2v) is 5.92. The third kappa shape index (κ3) is 4.29. The van der Waals surface area contributed by atoms with Gasteiger partial charge in [-0.05, 0) is 28.7 Å². The molecule has 0 aromatic carbocycles. The quantitative estimate of drug-likeness (QED) is 0.819. The molecular weight excluding hydrogens is 244 g/mol. The van der Waals surface area contributed by atoms with Gasteiger partial charge in [0.25, 0.3) is 0 Å². The molecule has 2 atom stereocenters. The summed E-state index contributed by atoms with van der Waals surface area (Å²) in [7, 11) is 0. The first-order valence-electron chi connectivity index (χ1n) is 6.81. The summed E-state index contributed by atoms with van der Waals surface area (Å²) in [6.45, 7) is 10.7. The van der Waals surface area contributed by atoms with Gasteiger partial charge in [-0.15, -0.1) is 5.10 Å². The van der Waals surface area contributed by atoms with Crippen molar-refractivity contribution in [3.05, 3.63) is 5.82 Å². The average molecular weight is 268 g/mol. The Kier molecular flexibility index (Phi) is 5.44. The molecule has 19 heavy (non-hydrogen) atoms. The first kappa shape index (κ1) is 15.6. The van der Waals surface area contributed by atoms with Crippen molar-refractivity contribution in [1.29, 1.82) is 0 Å². The number of aliphatic carboxylic acids is 1. The minimum Gasteiger partial charge on any atom is -0.481 e. The highest BCUT2D eigenvalue weighted by Crippen LogP contribution is 2.22. The Morgan fingerprint density at radius 1 is 1.26 bits per heavy atom. The topological polar surface area (TPSA) is 80.9 Å². The highest BCUT2D eigenvalue weighted by Gasteiger charge is 2.24. The summed E-state index contributed by atoms with van der Waals surface area (Å²) in [4.78, 5) is 11.3. The molecule has 0 saturated carbocycles. The van der Waals surface area contributed by atoms with Crippen molar-refractivity contribution in [1.82, 2.24) is 20.2 Å². The molecule has 1 aromatic heterocycles. The van der Waals surface area contributed by atoms with Gasteiger partial charge in [-0.25, -0.2) is 4.68 Å². The molecule has 0 saturated heterocycles. The zero-order valence-corrected chi connectivity index (χ0v) is 12.4. The number of hydrogen-bond donors (Lipinski definition) is 1. The van der Waals surface area contributed by atoms with Crippen LogP contribution in [0.2, 0.25) is 0 Å². The van der Waals surface area contributed by atoms with E-state index < -0.39 is 11.9 Å². The van der Waals surface area contributed by atoms with Crippen LogP contribution in [0.5, 0.6) is 0 Å². The van der Waals surface area contributed by atoms with Crippen molar-refractivity contribution in [2.45, 2.75) is 53.5 Å². The maximum Gasteiger partial charge on any atom is 0.308 e. The van der Waals surface area contributed by atoms with E-state index in [9.17, 15) is 9.90 Å². The SMILES string of the molecule is CC(C)CC(Cn1nnnc1C(C)C(C)C)C(=O)O. The molecular formula is C13H24N4O2. The van der Waals surface area contributed by atoms with Crippen molar-refractivity contribution in [2.24, 2.45) is 17.8 Å². The summed E-state index contributed by atoms with van der Waals surface area (Å²) in [6.07, 6.45) is 0.630. The number of rotatable bonds is 7. The Balaban J connectivity index is 2.86. The molecule has 2 unspecified atom stereocenters. The van der Waals surface area contributed by atoms with E-state index in [1.165, 1.54) is 0 Å². The van der Waals surface area contributed by atoms with Crippen molar-refractivity contribution < 1.29 is 9.90 Å². The Hall–Kier alpha value is -1.46. The molecule has 1 aromatic rings. The first-order valence-corrected chi connectivity index (χ1v) is 6.81. The lowest BCUT2D eigenvalue weighted by Crippen LogP contribution is -2.24. The molecule has 1 heterocycles. The summed E-state index contributed by atoms with van der Waals surface area (Å²) in [5.41, 5.74) is 0. The maximum absolute atomic E-state index is 11.3. The smallest absolute Gasteiger partial charge is 0.308 e. The van der Waals surface area contributed by atoms with Gasteiger partial charge in [-0.3, -0.25) is 4.79 Å². The summed E-state index contributed by atoms with van der Waals surface area (Å²) in [6, 6.07) is 0. The number of nitrogens with zero attached hydrogens (tertiary/aromatic N) is 4. The van der Waals surface area contributed by atoms with Gasteiger partial charge in [0.2, 0.25) is 0 Å². The highest BCUT2D eigenvalue weighted by molar-refractivity contribution is 5.69. The fraction of sp³-hybridized carbons (Fsp3) is 0.846. The molecule has 0 amide bonds. The van der Waals surface area contributed by atoms with Crippen LogP contribution in [-0.2, 0) is 11.3 Å². The summed E-state index contributed by atoms with van der Waals surface area (Å²) < 4.78 is 1.64. The monoisotopic (exact) mass is 268 g/mol. The van der Waals surface area contributed by atoms with Crippen molar-refractivity contribution in [2.75, 3.05) is 0 Å². The fourth-order valence-corrected chi connectivity index (χ4v) is 2.00. The lowest BCUT2D eigenvalue weighted by Gasteiger charge is -2.18. The number of carboxylic acids is 1. The van der Waals surface area contributed by atoms with E-state index in [1.54, 1.807) is 4.68 Å². The van der Waals surface area contributed by atoms with Gasteiger partial charge < -0.3 is 5.11 Å². The molecule has 0 radical (unpaired) electrons. The number of aromatic nitrogens is 4. The summed E-state index contributed by atoms with van der Waals surface area (Å²) in [5.74, 6) is 0.504. The fourth-order valence-electron chi connectivity index (χ4n) is 2.00. The van der Waals surface area contributed by atoms with Gasteiger partial charge in [0.1, 0.15) is 0 Å². The van der Waals surface area contributed by atoms with Crippen molar-refractivity contribution in [3.8, 4) is 0 Å². The third-order valence-electron chi connectivity index (χ3n) is 3.47. The minimum atomic E-state index is -0.785. The zero-order chi connectivity index (χ0) is 14.6. The van der Waals surface area contributed by atoms with Gasteiger partial charge in [0.15, 0.2) is 5.82 Å². The van der Waals surface area contributed by atoms with Crippen LogP contribution in [0.3, 0.4) is 0 Å². The van der Waals surface area contributed by atoms with E-state index in [0.717, 1.165) is 5.82 Å². The number of carbonyl (C=O) groups is 1. The van der Waals surface area contributed by atoms with E-state index in [2.05, 4.69) is 36.3 Å². The second-order valence-electron chi connectivity index (χ2n) is 5.92. The Bertz CT molecular complexity index is 415. The predicted octanol–water partition coefficient (Wildman–Crippen LogP) is 2.18. The largest absolute Gasteiger partial charge is 0.481 e. The van der Waals surface area contributed by atoms with E-state index in [4.69, 9.17) is 0 Å². The second kappa shape index (κ2) is 6.63. The molecule has 0 aliphatic heterocycles. The summed E-state index contributed by atoms with van der Waals surface area (Å²) >= 11 is 0. The number of carboxylic acid groups (broad SMARTS) is 1. The molecule has 0 aliphatic rings. The standard InChI is InChI=1S/C13H24N4O2/c1-8(2)6-11(13(18)19)7-17-12(14-15-16-17)10(5)9(3)4/h8-11H,6-7H2,1-5H3,(H,18,19). The van der Waals surface area contributed by atoms with Crippen molar-refractivity contribution >= 4 is 5.97 Å². The van der Waals surface area contributed by atoms with Crippen LogP contribution in [0.1, 0.15) is 52.8 Å². The van der Waals surface area contributed by atoms with Gasteiger partial charge in [-0.1, -0.05) is 34.6 Å². The van der Waals surface area contributed by atoms with Crippen LogP contribution in [0, 0.1) is 17.8 Å². The van der Waals surface area contributed by atoms with Gasteiger partial charge in [-0.2, -0.15) is 0 Å². The zero-order valence-electron chi connectivity index (χ0n) is 12.4. The molecule has 0 bridgehead atoms. The summed E-state index contributed by atoms with van der Waals surface area (Å²) in [5, 5.41) is 20.9. The maximum atomic E-state index is 11.3. The number of tetrazole rings is 1. The third-order valence-corrected chi connectivity index (χ3v) is 3.47. The molecule has 1 rings (SSSR count). The van der Waals surface area contributed by atoms with Crippen LogP contribution in [0.4, 0.5) is 0 Å². The molecule has 108 valence electrons. The van der Waals surface area contributed by atoms with Crippen LogP contribution < -0.4 is 0 Å². The molecule has 0 spiro atoms. The molecule has 6 heteroatoms. The first-order chi connectivity index (χ1) is 8.82.